The fourth-order valence-corrected chi connectivity index (χ4v) is 3.25. The summed E-state index contributed by atoms with van der Waals surface area (Å²) in [5.74, 6) is 0. The summed E-state index contributed by atoms with van der Waals surface area (Å²) in [6, 6.07) is 0. The van der Waals surface area contributed by atoms with E-state index in [1.807, 2.05) is 19.3 Å². The Morgan fingerprint density at radius 1 is 1.35 bits per heavy atom. The topological polar surface area (TPSA) is 61.8 Å². The van der Waals surface area contributed by atoms with E-state index in [2.05, 4.69) is 28.8 Å². The molecule has 0 saturated heterocycles. The maximum atomic E-state index is 10.3. The van der Waals surface area contributed by atoms with E-state index in [-0.39, 0.29) is 5.04 Å². The third-order valence-electron chi connectivity index (χ3n) is 4.41. The molecule has 0 aliphatic rings. The average molecular weight is 312 g/mol. The van der Waals surface area contributed by atoms with Gasteiger partial charge in [0, 0.05) is 6.20 Å². The summed E-state index contributed by atoms with van der Waals surface area (Å²) in [6.45, 7) is 8.32. The lowest BCUT2D eigenvalue weighted by molar-refractivity contribution is 0.443. The number of aromatic amines is 1. The molecule has 0 fully saturated rings. The van der Waals surface area contributed by atoms with E-state index in [1.54, 1.807) is 0 Å². The molecule has 0 bridgehead atoms. The van der Waals surface area contributed by atoms with Gasteiger partial charge in [-0.25, -0.2) is 9.97 Å². The molecule has 2 N–H and O–H groups in total. The summed E-state index contributed by atoms with van der Waals surface area (Å²) in [5.41, 5.74) is 1.94. The van der Waals surface area contributed by atoms with E-state index in [0.717, 1.165) is 35.9 Å². The number of H-pyrrole nitrogens is 1. The molecule has 0 unspecified atom stereocenters. The molecule has 110 valence electrons. The molecule has 20 heavy (non-hydrogen) atoms. The Bertz CT molecular complexity index is 604. The van der Waals surface area contributed by atoms with Crippen molar-refractivity contribution in [1.82, 2.24) is 15.0 Å². The van der Waals surface area contributed by atoms with Crippen LogP contribution in [0.5, 0.6) is 0 Å². The second kappa shape index (κ2) is 5.46. The van der Waals surface area contributed by atoms with Gasteiger partial charge in [-0.3, -0.25) is 0 Å². The highest BCUT2D eigenvalue weighted by atomic mass is 35.5. The molecule has 4 nitrogen and oxygen atoms in total. The summed E-state index contributed by atoms with van der Waals surface area (Å²) in [6.07, 6.45) is 6.36. The van der Waals surface area contributed by atoms with Crippen molar-refractivity contribution < 1.29 is 4.80 Å². The van der Waals surface area contributed by atoms with Gasteiger partial charge in [0.15, 0.2) is 8.32 Å². The van der Waals surface area contributed by atoms with Crippen LogP contribution in [0.2, 0.25) is 23.3 Å². The zero-order chi connectivity index (χ0) is 15.0. The largest absolute Gasteiger partial charge is 0.432 e. The molecule has 0 aromatic carbocycles. The lowest BCUT2D eigenvalue weighted by Gasteiger charge is -2.35. The first kappa shape index (κ1) is 15.5. The van der Waals surface area contributed by atoms with Crippen LogP contribution in [0, 0.1) is 0 Å². The minimum atomic E-state index is -2.13. The Hall–Kier alpha value is -0.913. The number of nitrogens with one attached hydrogen (secondary N) is 1. The molecule has 0 aliphatic carbocycles. The SMILES string of the molecule is CC(C)(CCCc1c[nH]c2ncnc(Cl)c12)[Si](C)(C)O. The van der Waals surface area contributed by atoms with Gasteiger partial charge in [-0.2, -0.15) is 0 Å². The summed E-state index contributed by atoms with van der Waals surface area (Å²) in [4.78, 5) is 21.7. The Morgan fingerprint density at radius 2 is 2.05 bits per heavy atom. The number of hydrogen-bond donors (Lipinski definition) is 2. The van der Waals surface area contributed by atoms with Gasteiger partial charge >= 0.3 is 0 Å². The van der Waals surface area contributed by atoms with Crippen LogP contribution < -0.4 is 0 Å². The van der Waals surface area contributed by atoms with Crippen molar-refractivity contribution in [3.8, 4) is 0 Å². The van der Waals surface area contributed by atoms with Crippen molar-refractivity contribution in [2.24, 2.45) is 0 Å². The summed E-state index contributed by atoms with van der Waals surface area (Å²) in [7, 11) is -2.13. The van der Waals surface area contributed by atoms with E-state index in [4.69, 9.17) is 11.6 Å². The van der Waals surface area contributed by atoms with Crippen molar-refractivity contribution in [2.75, 3.05) is 0 Å². The molecular weight excluding hydrogens is 290 g/mol. The smallest absolute Gasteiger partial charge is 0.188 e. The molecule has 2 aromatic rings. The quantitative estimate of drug-likeness (QED) is 0.650. The van der Waals surface area contributed by atoms with Gasteiger partial charge in [0.25, 0.3) is 0 Å². The summed E-state index contributed by atoms with van der Waals surface area (Å²) < 4.78 is 0. The number of fused-ring (bicyclic) bond motifs is 1. The summed E-state index contributed by atoms with van der Waals surface area (Å²) in [5, 5.41) is 1.44. The third kappa shape index (κ3) is 3.05. The Labute approximate surface area is 125 Å². The first-order valence-electron chi connectivity index (χ1n) is 6.91. The molecule has 0 atom stereocenters. The van der Waals surface area contributed by atoms with Gasteiger partial charge < -0.3 is 9.78 Å². The number of halogens is 1. The third-order valence-corrected chi connectivity index (χ3v) is 8.26. The maximum absolute atomic E-state index is 10.3. The van der Waals surface area contributed by atoms with E-state index < -0.39 is 8.32 Å². The lowest BCUT2D eigenvalue weighted by atomic mass is 10.0. The normalized spacial score (nSPS) is 13.1. The molecule has 0 aliphatic heterocycles. The number of hydrogen-bond acceptors (Lipinski definition) is 3. The number of rotatable bonds is 5. The molecule has 0 saturated carbocycles. The zero-order valence-corrected chi connectivity index (χ0v) is 14.3. The average Bonchev–Trinajstić information content (AvgIpc) is 2.72. The first-order valence-corrected chi connectivity index (χ1v) is 10.2. The van der Waals surface area contributed by atoms with Gasteiger partial charge in [-0.05, 0) is 43.0 Å². The second-order valence-corrected chi connectivity index (χ2v) is 11.3. The van der Waals surface area contributed by atoms with E-state index in [9.17, 15) is 4.80 Å². The highest BCUT2D eigenvalue weighted by Gasteiger charge is 2.37. The van der Waals surface area contributed by atoms with E-state index in [0.29, 0.717) is 5.15 Å². The van der Waals surface area contributed by atoms with E-state index in [1.165, 1.54) is 6.33 Å². The van der Waals surface area contributed by atoms with Crippen molar-refractivity contribution in [3.05, 3.63) is 23.2 Å². The minimum absolute atomic E-state index is 0.0133. The Morgan fingerprint density at radius 3 is 2.70 bits per heavy atom. The second-order valence-electron chi connectivity index (χ2n) is 6.50. The van der Waals surface area contributed by atoms with Crippen LogP contribution in [0.25, 0.3) is 11.0 Å². The minimum Gasteiger partial charge on any atom is -0.432 e. The van der Waals surface area contributed by atoms with E-state index >= 15 is 0 Å². The zero-order valence-electron chi connectivity index (χ0n) is 12.5. The van der Waals surface area contributed by atoms with Crippen molar-refractivity contribution in [1.29, 1.82) is 0 Å². The molecule has 0 spiro atoms. The fourth-order valence-electron chi connectivity index (χ4n) is 2.21. The number of nitrogens with zero attached hydrogens (tertiary/aromatic N) is 2. The highest BCUT2D eigenvalue weighted by Crippen LogP contribution is 2.40. The summed E-state index contributed by atoms with van der Waals surface area (Å²) >= 11 is 6.14. The number of aromatic nitrogens is 3. The maximum Gasteiger partial charge on any atom is 0.188 e. The fraction of sp³-hybridized carbons (Fsp3) is 0.571. The van der Waals surface area contributed by atoms with Crippen molar-refractivity contribution in [2.45, 2.75) is 51.2 Å². The van der Waals surface area contributed by atoms with Crippen LogP contribution in [-0.4, -0.2) is 28.1 Å². The molecule has 2 heterocycles. The predicted octanol–water partition coefficient (Wildman–Crippen LogP) is 3.91. The van der Waals surface area contributed by atoms with Gasteiger partial charge in [0.05, 0.1) is 5.39 Å². The molecule has 6 heteroatoms. The molecule has 2 rings (SSSR count). The van der Waals surface area contributed by atoms with Crippen molar-refractivity contribution in [3.63, 3.8) is 0 Å². The highest BCUT2D eigenvalue weighted by molar-refractivity contribution is 6.72. The molecule has 0 radical (unpaired) electrons. The number of aryl methyl sites for hydroxylation is 1. The van der Waals surface area contributed by atoms with Gasteiger partial charge in [0.1, 0.15) is 17.1 Å². The Kier molecular flexibility index (Phi) is 4.23. The van der Waals surface area contributed by atoms with Crippen LogP contribution >= 0.6 is 11.6 Å². The lowest BCUT2D eigenvalue weighted by Crippen LogP contribution is -2.38. The van der Waals surface area contributed by atoms with Crippen LogP contribution in [0.3, 0.4) is 0 Å². The molecule has 2 aromatic heterocycles. The first-order chi connectivity index (χ1) is 9.22. The Balaban J connectivity index is 2.08. The van der Waals surface area contributed by atoms with Crippen molar-refractivity contribution >= 4 is 31.0 Å². The van der Waals surface area contributed by atoms with Crippen LogP contribution in [-0.2, 0) is 6.42 Å². The van der Waals surface area contributed by atoms with Gasteiger partial charge in [-0.15, -0.1) is 0 Å². The van der Waals surface area contributed by atoms with Crippen LogP contribution in [0.15, 0.2) is 12.5 Å². The van der Waals surface area contributed by atoms with Crippen LogP contribution in [0.4, 0.5) is 0 Å². The van der Waals surface area contributed by atoms with Gasteiger partial charge in [0.2, 0.25) is 0 Å². The molecular formula is C14H22ClN3OSi. The van der Waals surface area contributed by atoms with Gasteiger partial charge in [-0.1, -0.05) is 25.4 Å². The monoisotopic (exact) mass is 311 g/mol. The molecule has 0 amide bonds. The predicted molar refractivity (Wildman–Crippen MR) is 85.6 cm³/mol. The standard InChI is InChI=1S/C14H22ClN3OSi/c1-14(2,20(3,4)19)7-5-6-10-8-16-13-11(10)12(15)17-9-18-13/h8-9,19H,5-7H2,1-4H3,(H,16,17,18). The van der Waals surface area contributed by atoms with Crippen LogP contribution in [0.1, 0.15) is 32.3 Å².